The van der Waals surface area contributed by atoms with Gasteiger partial charge in [-0.05, 0) is 64.2 Å². The number of benzene rings is 2. The van der Waals surface area contributed by atoms with Crippen LogP contribution in [0.25, 0.3) is 0 Å². The van der Waals surface area contributed by atoms with Crippen LogP contribution in [0.1, 0.15) is 23.6 Å². The highest BCUT2D eigenvalue weighted by molar-refractivity contribution is 9.10. The Hall–Kier alpha value is -1.68. The zero-order chi connectivity index (χ0) is 14.1. The Labute approximate surface area is 126 Å². The number of phenols is 1. The van der Waals surface area contributed by atoms with Crippen molar-refractivity contribution in [3.63, 3.8) is 0 Å². The summed E-state index contributed by atoms with van der Waals surface area (Å²) in [6, 6.07) is 11.9. The number of halogens is 1. The van der Waals surface area contributed by atoms with E-state index in [1.54, 1.807) is 13.2 Å². The molecule has 104 valence electrons. The molecule has 3 rings (SSSR count). The number of rotatable bonds is 3. The molecule has 2 aromatic rings. The van der Waals surface area contributed by atoms with Gasteiger partial charge in [-0.3, -0.25) is 0 Å². The Morgan fingerprint density at radius 3 is 2.90 bits per heavy atom. The summed E-state index contributed by atoms with van der Waals surface area (Å²) in [5, 5.41) is 13.4. The molecule has 1 aliphatic carbocycles. The van der Waals surface area contributed by atoms with Gasteiger partial charge >= 0.3 is 0 Å². The van der Waals surface area contributed by atoms with Crippen molar-refractivity contribution in [3.8, 4) is 11.5 Å². The fraction of sp³-hybridized carbons (Fsp3) is 0.250. The lowest BCUT2D eigenvalue weighted by molar-refractivity contribution is 0.412. The van der Waals surface area contributed by atoms with E-state index in [4.69, 9.17) is 4.74 Å². The minimum atomic E-state index is 0.248. The van der Waals surface area contributed by atoms with E-state index < -0.39 is 0 Å². The van der Waals surface area contributed by atoms with Gasteiger partial charge in [0.1, 0.15) is 11.5 Å². The lowest BCUT2D eigenvalue weighted by Crippen LogP contribution is -2.07. The van der Waals surface area contributed by atoms with Gasteiger partial charge in [0.25, 0.3) is 0 Å². The minimum Gasteiger partial charge on any atom is -0.508 e. The zero-order valence-corrected chi connectivity index (χ0v) is 12.8. The highest BCUT2D eigenvalue weighted by atomic mass is 79.9. The Balaban J connectivity index is 1.84. The second-order valence-electron chi connectivity index (χ2n) is 4.93. The van der Waals surface area contributed by atoms with Crippen LogP contribution in [-0.4, -0.2) is 12.2 Å². The maximum atomic E-state index is 9.88. The molecule has 0 saturated carbocycles. The van der Waals surface area contributed by atoms with Gasteiger partial charge in [-0.15, -0.1) is 0 Å². The Bertz CT molecular complexity index is 642. The van der Waals surface area contributed by atoms with Gasteiger partial charge in [0, 0.05) is 5.69 Å². The molecule has 3 nitrogen and oxygen atoms in total. The molecule has 1 atom stereocenters. The van der Waals surface area contributed by atoms with Crippen molar-refractivity contribution in [2.75, 3.05) is 12.4 Å². The van der Waals surface area contributed by atoms with Crippen LogP contribution in [0.15, 0.2) is 40.9 Å². The summed E-state index contributed by atoms with van der Waals surface area (Å²) in [6.45, 7) is 0. The average molecular weight is 334 g/mol. The van der Waals surface area contributed by atoms with Crippen LogP contribution in [0.2, 0.25) is 0 Å². The molecule has 0 heterocycles. The number of hydrogen-bond acceptors (Lipinski definition) is 3. The largest absolute Gasteiger partial charge is 0.508 e. The number of hydrogen-bond donors (Lipinski definition) is 2. The van der Waals surface area contributed by atoms with Gasteiger partial charge in [0.2, 0.25) is 0 Å². The van der Waals surface area contributed by atoms with Crippen LogP contribution in [-0.2, 0) is 6.42 Å². The predicted molar refractivity (Wildman–Crippen MR) is 83.5 cm³/mol. The number of methoxy groups -OCH3 is 1. The van der Waals surface area contributed by atoms with Gasteiger partial charge in [0.05, 0.1) is 17.6 Å². The van der Waals surface area contributed by atoms with Gasteiger partial charge in [-0.25, -0.2) is 0 Å². The molecule has 0 spiro atoms. The highest BCUT2D eigenvalue weighted by Crippen LogP contribution is 2.39. The molecule has 0 radical (unpaired) electrons. The Morgan fingerprint density at radius 1 is 1.30 bits per heavy atom. The van der Waals surface area contributed by atoms with E-state index in [9.17, 15) is 5.11 Å². The maximum Gasteiger partial charge on any atom is 0.133 e. The summed E-state index contributed by atoms with van der Waals surface area (Å²) in [5.74, 6) is 1.22. The third-order valence-electron chi connectivity index (χ3n) is 3.74. The van der Waals surface area contributed by atoms with Crippen LogP contribution in [0, 0.1) is 0 Å². The zero-order valence-electron chi connectivity index (χ0n) is 11.2. The van der Waals surface area contributed by atoms with E-state index in [1.165, 1.54) is 5.56 Å². The highest BCUT2D eigenvalue weighted by Gasteiger charge is 2.24. The molecular weight excluding hydrogens is 318 g/mol. The summed E-state index contributed by atoms with van der Waals surface area (Å²) in [7, 11) is 1.66. The maximum absolute atomic E-state index is 9.88. The van der Waals surface area contributed by atoms with E-state index in [0.29, 0.717) is 5.75 Å². The third-order valence-corrected chi connectivity index (χ3v) is 4.36. The number of phenolic OH excluding ortho intramolecular Hbond substituents is 1. The average Bonchev–Trinajstić information content (AvgIpc) is 2.84. The molecule has 1 unspecified atom stereocenters. The number of fused-ring (bicyclic) bond motifs is 1. The molecule has 2 N–H and O–H groups in total. The molecule has 1 aliphatic rings. The first-order valence-corrected chi connectivity index (χ1v) is 7.39. The first-order valence-electron chi connectivity index (χ1n) is 6.60. The molecule has 0 bridgehead atoms. The molecule has 2 aromatic carbocycles. The standard InChI is InChI=1S/C16H16BrNO2/c1-20-16-8-5-10(9-13(16)17)18-14-7-6-12-11(14)3-2-4-15(12)19/h2-5,8-9,14,18-19H,6-7H2,1H3. The number of aromatic hydroxyl groups is 1. The van der Waals surface area contributed by atoms with Gasteiger partial charge in [0.15, 0.2) is 0 Å². The summed E-state index contributed by atoms with van der Waals surface area (Å²) in [4.78, 5) is 0. The van der Waals surface area contributed by atoms with Crippen molar-refractivity contribution in [2.24, 2.45) is 0 Å². The normalized spacial score (nSPS) is 16.8. The van der Waals surface area contributed by atoms with Crippen LogP contribution < -0.4 is 10.1 Å². The van der Waals surface area contributed by atoms with Crippen LogP contribution >= 0.6 is 15.9 Å². The van der Waals surface area contributed by atoms with Crippen LogP contribution in [0.4, 0.5) is 5.69 Å². The van der Waals surface area contributed by atoms with Gasteiger partial charge in [-0.1, -0.05) is 12.1 Å². The summed E-state index contributed by atoms with van der Waals surface area (Å²) >= 11 is 3.50. The third kappa shape index (κ3) is 2.36. The van der Waals surface area contributed by atoms with Crippen molar-refractivity contribution in [2.45, 2.75) is 18.9 Å². The molecule has 0 saturated heterocycles. The van der Waals surface area contributed by atoms with E-state index in [1.807, 2.05) is 24.3 Å². The summed E-state index contributed by atoms with van der Waals surface area (Å²) < 4.78 is 6.16. The van der Waals surface area contributed by atoms with Gasteiger partial charge < -0.3 is 15.2 Å². The van der Waals surface area contributed by atoms with E-state index in [0.717, 1.165) is 34.3 Å². The lowest BCUT2D eigenvalue weighted by Gasteiger charge is -2.16. The molecule has 20 heavy (non-hydrogen) atoms. The van der Waals surface area contributed by atoms with E-state index in [-0.39, 0.29) is 6.04 Å². The van der Waals surface area contributed by atoms with E-state index in [2.05, 4.69) is 27.3 Å². The van der Waals surface area contributed by atoms with Crippen LogP contribution in [0.3, 0.4) is 0 Å². The van der Waals surface area contributed by atoms with Crippen molar-refractivity contribution in [1.82, 2.24) is 0 Å². The predicted octanol–water partition coefficient (Wildman–Crippen LogP) is 4.26. The summed E-state index contributed by atoms with van der Waals surface area (Å²) in [6.07, 6.45) is 1.91. The fourth-order valence-corrected chi connectivity index (χ4v) is 3.28. The second kappa shape index (κ2) is 5.37. The molecular formula is C16H16BrNO2. The van der Waals surface area contributed by atoms with E-state index >= 15 is 0 Å². The molecule has 0 aromatic heterocycles. The quantitative estimate of drug-likeness (QED) is 0.881. The molecule has 4 heteroatoms. The molecule has 0 fully saturated rings. The summed E-state index contributed by atoms with van der Waals surface area (Å²) in [5.41, 5.74) is 3.30. The molecule has 0 aliphatic heterocycles. The van der Waals surface area contributed by atoms with Crippen molar-refractivity contribution in [1.29, 1.82) is 0 Å². The number of nitrogens with one attached hydrogen (secondary N) is 1. The molecule has 0 amide bonds. The topological polar surface area (TPSA) is 41.5 Å². The fourth-order valence-electron chi connectivity index (χ4n) is 2.74. The Kier molecular flexibility index (Phi) is 3.57. The first-order chi connectivity index (χ1) is 9.69. The van der Waals surface area contributed by atoms with Crippen LogP contribution in [0.5, 0.6) is 11.5 Å². The SMILES string of the molecule is COc1ccc(NC2CCc3c(O)cccc32)cc1Br. The lowest BCUT2D eigenvalue weighted by atomic mass is 10.1. The smallest absolute Gasteiger partial charge is 0.133 e. The van der Waals surface area contributed by atoms with Crippen molar-refractivity contribution < 1.29 is 9.84 Å². The number of ether oxygens (including phenoxy) is 1. The monoisotopic (exact) mass is 333 g/mol. The second-order valence-corrected chi connectivity index (χ2v) is 5.78. The number of anilines is 1. The van der Waals surface area contributed by atoms with Gasteiger partial charge in [-0.2, -0.15) is 0 Å². The minimum absolute atomic E-state index is 0.248. The van der Waals surface area contributed by atoms with Crippen molar-refractivity contribution in [3.05, 3.63) is 52.0 Å². The Morgan fingerprint density at radius 2 is 2.15 bits per heavy atom. The first kappa shape index (κ1) is 13.3. The van der Waals surface area contributed by atoms with Crippen molar-refractivity contribution >= 4 is 21.6 Å².